The molecule has 2 unspecified atom stereocenters. The van der Waals surface area contributed by atoms with Gasteiger partial charge in [-0.15, -0.1) is 0 Å². The molecule has 2 aliphatic rings. The number of carbonyl (C=O) groups is 2. The number of amides is 3. The highest BCUT2D eigenvalue weighted by molar-refractivity contribution is 5.92. The van der Waals surface area contributed by atoms with Gasteiger partial charge in [0.05, 0.1) is 0 Å². The molecular formula is C13H16N4O3. The van der Waals surface area contributed by atoms with Gasteiger partial charge in [0, 0.05) is 12.7 Å². The van der Waals surface area contributed by atoms with E-state index in [1.165, 1.54) is 0 Å². The zero-order valence-corrected chi connectivity index (χ0v) is 11.0. The second-order valence-corrected chi connectivity index (χ2v) is 5.00. The molecule has 0 saturated carbocycles. The van der Waals surface area contributed by atoms with Gasteiger partial charge >= 0.3 is 6.03 Å². The molecular weight excluding hydrogens is 260 g/mol. The van der Waals surface area contributed by atoms with Gasteiger partial charge in [0.2, 0.25) is 5.91 Å². The number of aliphatic hydroxyl groups is 1. The molecule has 1 aromatic rings. The van der Waals surface area contributed by atoms with Crippen LogP contribution in [-0.4, -0.2) is 30.4 Å². The fourth-order valence-corrected chi connectivity index (χ4v) is 2.91. The molecule has 106 valence electrons. The van der Waals surface area contributed by atoms with Gasteiger partial charge in [0.15, 0.2) is 6.35 Å². The minimum absolute atomic E-state index is 0.212. The summed E-state index contributed by atoms with van der Waals surface area (Å²) in [7, 11) is 1.55. The van der Waals surface area contributed by atoms with Crippen molar-refractivity contribution in [2.75, 3.05) is 12.4 Å². The smallest absolute Gasteiger partial charge is 0.318 e. The first-order chi connectivity index (χ1) is 9.55. The summed E-state index contributed by atoms with van der Waals surface area (Å²) in [6, 6.07) is 5.14. The van der Waals surface area contributed by atoms with Gasteiger partial charge in [-0.25, -0.2) is 4.79 Å². The Morgan fingerprint density at radius 2 is 2.30 bits per heavy atom. The molecule has 0 radical (unpaired) electrons. The fourth-order valence-electron chi connectivity index (χ4n) is 2.91. The number of aliphatic hydroxyl groups excluding tert-OH is 1. The molecule has 1 aromatic carbocycles. The molecule has 0 bridgehead atoms. The maximum Gasteiger partial charge on any atom is 0.318 e. The summed E-state index contributed by atoms with van der Waals surface area (Å²) < 4.78 is 0. The monoisotopic (exact) mass is 276 g/mol. The predicted octanol–water partition coefficient (Wildman–Crippen LogP) is -0.425. The quantitative estimate of drug-likeness (QED) is 0.480. The van der Waals surface area contributed by atoms with Crippen molar-refractivity contribution >= 4 is 17.6 Å². The van der Waals surface area contributed by atoms with Crippen LogP contribution in [0.5, 0.6) is 0 Å². The third-order valence-electron chi connectivity index (χ3n) is 3.86. The molecule has 7 nitrogen and oxygen atoms in total. The second kappa shape index (κ2) is 4.46. The fraction of sp³-hybridized carbons (Fsp3) is 0.385. The molecule has 1 heterocycles. The van der Waals surface area contributed by atoms with Gasteiger partial charge in [-0.1, -0.05) is 6.07 Å². The van der Waals surface area contributed by atoms with Gasteiger partial charge in [-0.3, -0.25) is 10.1 Å². The molecule has 2 atom stereocenters. The number of carbonyl (C=O) groups excluding carboxylic acids is 2. The minimum atomic E-state index is -1.02. The second-order valence-electron chi connectivity index (χ2n) is 5.00. The minimum Gasteiger partial charge on any atom is -0.361 e. The Kier molecular flexibility index (Phi) is 2.88. The molecule has 20 heavy (non-hydrogen) atoms. The lowest BCUT2D eigenvalue weighted by Crippen LogP contribution is -2.42. The largest absolute Gasteiger partial charge is 0.361 e. The SMILES string of the molecule is CNC(=O)Nc1ccc2c(c1)CCC21NC(O)NC1=O. The molecule has 1 aliphatic carbocycles. The summed E-state index contributed by atoms with van der Waals surface area (Å²) in [4.78, 5) is 23.4. The molecule has 3 rings (SSSR count). The van der Waals surface area contributed by atoms with Crippen LogP contribution >= 0.6 is 0 Å². The number of rotatable bonds is 1. The summed E-state index contributed by atoms with van der Waals surface area (Å²) >= 11 is 0. The molecule has 1 spiro atoms. The first-order valence-electron chi connectivity index (χ1n) is 6.44. The van der Waals surface area contributed by atoms with E-state index in [0.717, 1.165) is 11.1 Å². The van der Waals surface area contributed by atoms with Crippen molar-refractivity contribution in [3.05, 3.63) is 29.3 Å². The number of nitrogens with one attached hydrogen (secondary N) is 4. The Morgan fingerprint density at radius 1 is 1.50 bits per heavy atom. The highest BCUT2D eigenvalue weighted by atomic mass is 16.3. The van der Waals surface area contributed by atoms with E-state index >= 15 is 0 Å². The number of hydrogen-bond donors (Lipinski definition) is 5. The molecule has 1 fully saturated rings. The van der Waals surface area contributed by atoms with Crippen molar-refractivity contribution in [1.29, 1.82) is 0 Å². The van der Waals surface area contributed by atoms with E-state index in [0.29, 0.717) is 18.5 Å². The number of anilines is 1. The van der Waals surface area contributed by atoms with Crippen LogP contribution in [-0.2, 0) is 16.8 Å². The Bertz CT molecular complexity index is 589. The summed E-state index contributed by atoms with van der Waals surface area (Å²) in [5, 5.41) is 20.1. The third kappa shape index (κ3) is 1.83. The van der Waals surface area contributed by atoms with Gasteiger partial charge in [-0.2, -0.15) is 0 Å². The average molecular weight is 276 g/mol. The van der Waals surface area contributed by atoms with Crippen LogP contribution in [0.4, 0.5) is 10.5 Å². The van der Waals surface area contributed by atoms with Crippen LogP contribution in [0.1, 0.15) is 17.5 Å². The summed E-state index contributed by atoms with van der Waals surface area (Å²) in [6.07, 6.45) is 0.289. The Morgan fingerprint density at radius 3 is 2.95 bits per heavy atom. The molecule has 7 heteroatoms. The van der Waals surface area contributed by atoms with Crippen molar-refractivity contribution in [3.8, 4) is 0 Å². The van der Waals surface area contributed by atoms with Crippen LogP contribution in [0.25, 0.3) is 0 Å². The van der Waals surface area contributed by atoms with Crippen molar-refractivity contribution in [2.24, 2.45) is 0 Å². The molecule has 0 aromatic heterocycles. The molecule has 1 aliphatic heterocycles. The zero-order valence-electron chi connectivity index (χ0n) is 11.0. The Balaban J connectivity index is 1.92. The Hall–Kier alpha value is -2.12. The van der Waals surface area contributed by atoms with Crippen LogP contribution < -0.4 is 21.3 Å². The first-order valence-corrected chi connectivity index (χ1v) is 6.44. The average Bonchev–Trinajstić information content (AvgIpc) is 2.91. The van der Waals surface area contributed by atoms with E-state index in [9.17, 15) is 14.7 Å². The first kappa shape index (κ1) is 12.9. The molecule has 5 N–H and O–H groups in total. The lowest BCUT2D eigenvalue weighted by Gasteiger charge is -2.22. The summed E-state index contributed by atoms with van der Waals surface area (Å²) in [6.45, 7) is 0. The van der Waals surface area contributed by atoms with Crippen molar-refractivity contribution in [3.63, 3.8) is 0 Å². The highest BCUT2D eigenvalue weighted by Gasteiger charge is 2.50. The van der Waals surface area contributed by atoms with Crippen LogP contribution in [0.3, 0.4) is 0 Å². The number of hydrogen-bond acceptors (Lipinski definition) is 4. The lowest BCUT2D eigenvalue weighted by molar-refractivity contribution is -0.124. The standard InChI is InChI=1S/C13H16N4O3/c1-14-11(19)15-8-2-3-9-7(6-8)4-5-13(9)10(18)16-12(20)17-13/h2-3,6,12,17,20H,4-5H2,1H3,(H,16,18)(H2,14,15,19). The summed E-state index contributed by atoms with van der Waals surface area (Å²) in [5.41, 5.74) is 1.68. The van der Waals surface area contributed by atoms with Crippen molar-refractivity contribution in [2.45, 2.75) is 24.7 Å². The number of urea groups is 1. The van der Waals surface area contributed by atoms with Crippen LogP contribution in [0.15, 0.2) is 18.2 Å². The van der Waals surface area contributed by atoms with E-state index in [1.54, 1.807) is 13.1 Å². The van der Waals surface area contributed by atoms with E-state index < -0.39 is 11.9 Å². The van der Waals surface area contributed by atoms with Gasteiger partial charge in [0.25, 0.3) is 0 Å². The number of fused-ring (bicyclic) bond motifs is 2. The van der Waals surface area contributed by atoms with Gasteiger partial charge in [-0.05, 0) is 36.1 Å². The molecule has 1 saturated heterocycles. The number of benzene rings is 1. The van der Waals surface area contributed by atoms with E-state index in [1.807, 2.05) is 12.1 Å². The zero-order chi connectivity index (χ0) is 14.3. The van der Waals surface area contributed by atoms with Crippen LogP contribution in [0.2, 0.25) is 0 Å². The van der Waals surface area contributed by atoms with Crippen molar-refractivity contribution < 1.29 is 14.7 Å². The van der Waals surface area contributed by atoms with Gasteiger partial charge in [0.1, 0.15) is 5.54 Å². The van der Waals surface area contributed by atoms with Crippen LogP contribution in [0, 0.1) is 0 Å². The maximum absolute atomic E-state index is 12.1. The maximum atomic E-state index is 12.1. The summed E-state index contributed by atoms with van der Waals surface area (Å²) in [5.74, 6) is -0.212. The van der Waals surface area contributed by atoms with E-state index in [4.69, 9.17) is 0 Å². The van der Waals surface area contributed by atoms with Crippen molar-refractivity contribution in [1.82, 2.24) is 16.0 Å². The normalized spacial score (nSPS) is 27.3. The predicted molar refractivity (Wildman–Crippen MR) is 71.8 cm³/mol. The lowest BCUT2D eigenvalue weighted by atomic mass is 9.92. The third-order valence-corrected chi connectivity index (χ3v) is 3.86. The molecule has 3 amide bonds. The number of aryl methyl sites for hydroxylation is 1. The highest BCUT2D eigenvalue weighted by Crippen LogP contribution is 2.40. The Labute approximate surface area is 115 Å². The van der Waals surface area contributed by atoms with E-state index in [2.05, 4.69) is 21.3 Å². The topological polar surface area (TPSA) is 102 Å². The van der Waals surface area contributed by atoms with Gasteiger partial charge < -0.3 is 21.1 Å². The van der Waals surface area contributed by atoms with E-state index in [-0.39, 0.29) is 11.9 Å².